The van der Waals surface area contributed by atoms with Crippen molar-refractivity contribution in [2.75, 3.05) is 0 Å². The molecule has 84 valence electrons. The minimum absolute atomic E-state index is 0.144. The molecular weight excluding hydrogens is 202 g/mol. The number of aromatic hydroxyl groups is 1. The Balaban J connectivity index is 2.95. The molecule has 0 bridgehead atoms. The van der Waals surface area contributed by atoms with Crippen LogP contribution in [-0.4, -0.2) is 16.6 Å². The Labute approximate surface area is 95.5 Å². The third-order valence-electron chi connectivity index (χ3n) is 2.24. The maximum Gasteiger partial charge on any atom is 0.252 e. The average Bonchev–Trinajstić information content (AvgIpc) is 2.16. The summed E-state index contributed by atoms with van der Waals surface area (Å²) in [5.41, 5.74) is 0.549. The van der Waals surface area contributed by atoms with Crippen LogP contribution in [-0.2, 0) is 0 Å². The van der Waals surface area contributed by atoms with Gasteiger partial charge in [-0.1, -0.05) is 5.92 Å². The maximum atomic E-state index is 11.9. The predicted molar refractivity (Wildman–Crippen MR) is 63.2 cm³/mol. The van der Waals surface area contributed by atoms with Crippen LogP contribution < -0.4 is 5.32 Å². The molecule has 16 heavy (non-hydrogen) atoms. The molecule has 1 amide bonds. The van der Waals surface area contributed by atoms with E-state index in [4.69, 9.17) is 6.42 Å². The molecule has 0 unspecified atom stereocenters. The zero-order valence-corrected chi connectivity index (χ0v) is 9.66. The standard InChI is InChI=1S/C13H15NO2/c1-5-13(3,4)14-12(16)11-7-6-10(15)8-9(11)2/h1,6-8,15H,2-4H3,(H,14,16). The number of benzene rings is 1. The van der Waals surface area contributed by atoms with Gasteiger partial charge >= 0.3 is 0 Å². The van der Waals surface area contributed by atoms with E-state index in [0.717, 1.165) is 0 Å². The third-order valence-corrected chi connectivity index (χ3v) is 2.24. The van der Waals surface area contributed by atoms with Crippen LogP contribution in [0.2, 0.25) is 0 Å². The summed E-state index contributed by atoms with van der Waals surface area (Å²) in [6.07, 6.45) is 5.29. The lowest BCUT2D eigenvalue weighted by Gasteiger charge is -2.20. The van der Waals surface area contributed by atoms with Crippen molar-refractivity contribution in [1.82, 2.24) is 5.32 Å². The van der Waals surface area contributed by atoms with Gasteiger partial charge in [-0.05, 0) is 44.5 Å². The number of amides is 1. The molecule has 3 heteroatoms. The van der Waals surface area contributed by atoms with E-state index in [1.165, 1.54) is 12.1 Å². The zero-order chi connectivity index (χ0) is 12.3. The van der Waals surface area contributed by atoms with E-state index >= 15 is 0 Å². The molecule has 0 saturated carbocycles. The predicted octanol–water partition coefficient (Wildman–Crippen LogP) is 1.84. The molecule has 0 atom stereocenters. The minimum Gasteiger partial charge on any atom is -0.508 e. The molecule has 3 nitrogen and oxygen atoms in total. The fourth-order valence-electron chi connectivity index (χ4n) is 1.29. The lowest BCUT2D eigenvalue weighted by atomic mass is 10.0. The molecule has 0 saturated heterocycles. The Morgan fingerprint density at radius 2 is 2.12 bits per heavy atom. The summed E-state index contributed by atoms with van der Waals surface area (Å²) >= 11 is 0. The van der Waals surface area contributed by atoms with Crippen molar-refractivity contribution in [2.45, 2.75) is 26.3 Å². The fraction of sp³-hybridized carbons (Fsp3) is 0.308. The van der Waals surface area contributed by atoms with Crippen molar-refractivity contribution < 1.29 is 9.90 Å². The van der Waals surface area contributed by atoms with Gasteiger partial charge in [0, 0.05) is 5.56 Å². The van der Waals surface area contributed by atoms with E-state index in [-0.39, 0.29) is 11.7 Å². The van der Waals surface area contributed by atoms with E-state index in [9.17, 15) is 9.90 Å². The molecule has 2 N–H and O–H groups in total. The number of carbonyl (C=O) groups is 1. The van der Waals surface area contributed by atoms with Gasteiger partial charge in [0.15, 0.2) is 0 Å². The van der Waals surface area contributed by atoms with Crippen molar-refractivity contribution in [3.8, 4) is 18.1 Å². The van der Waals surface area contributed by atoms with Gasteiger partial charge in [0.05, 0.1) is 5.54 Å². The summed E-state index contributed by atoms with van der Waals surface area (Å²) in [6.45, 7) is 5.26. The van der Waals surface area contributed by atoms with Crippen LogP contribution in [0.5, 0.6) is 5.75 Å². The molecule has 0 spiro atoms. The Morgan fingerprint density at radius 1 is 1.50 bits per heavy atom. The Hall–Kier alpha value is -1.95. The van der Waals surface area contributed by atoms with Gasteiger partial charge in [-0.2, -0.15) is 0 Å². The van der Waals surface area contributed by atoms with Crippen LogP contribution in [0.15, 0.2) is 18.2 Å². The molecule has 0 aromatic heterocycles. The van der Waals surface area contributed by atoms with Gasteiger partial charge < -0.3 is 10.4 Å². The number of phenolic OH excluding ortho intramolecular Hbond substituents is 1. The first-order chi connectivity index (χ1) is 7.35. The topological polar surface area (TPSA) is 49.3 Å². The summed E-state index contributed by atoms with van der Waals surface area (Å²) < 4.78 is 0. The summed E-state index contributed by atoms with van der Waals surface area (Å²) in [5, 5.41) is 12.0. The van der Waals surface area contributed by atoms with Crippen molar-refractivity contribution in [2.24, 2.45) is 0 Å². The largest absolute Gasteiger partial charge is 0.508 e. The molecule has 1 aromatic carbocycles. The maximum absolute atomic E-state index is 11.9. The normalized spacial score (nSPS) is 10.6. The second-order valence-corrected chi connectivity index (χ2v) is 4.22. The molecule has 0 aliphatic rings. The molecule has 0 aliphatic heterocycles. The number of hydrogen-bond acceptors (Lipinski definition) is 2. The number of aryl methyl sites for hydroxylation is 1. The van der Waals surface area contributed by atoms with E-state index in [1.807, 2.05) is 0 Å². The summed E-state index contributed by atoms with van der Waals surface area (Å²) in [4.78, 5) is 11.9. The quantitative estimate of drug-likeness (QED) is 0.743. The van der Waals surface area contributed by atoms with Gasteiger partial charge in [-0.25, -0.2) is 0 Å². The molecular formula is C13H15NO2. The highest BCUT2D eigenvalue weighted by atomic mass is 16.3. The molecule has 1 rings (SSSR count). The molecule has 0 heterocycles. The lowest BCUT2D eigenvalue weighted by Crippen LogP contribution is -2.42. The Morgan fingerprint density at radius 3 is 2.62 bits per heavy atom. The van der Waals surface area contributed by atoms with E-state index in [2.05, 4.69) is 11.2 Å². The highest BCUT2D eigenvalue weighted by Crippen LogP contribution is 2.16. The highest BCUT2D eigenvalue weighted by molar-refractivity contribution is 5.96. The number of rotatable bonds is 2. The number of hydrogen-bond donors (Lipinski definition) is 2. The first kappa shape index (κ1) is 12.1. The fourth-order valence-corrected chi connectivity index (χ4v) is 1.29. The second kappa shape index (κ2) is 4.28. The number of carbonyl (C=O) groups excluding carboxylic acids is 1. The van der Waals surface area contributed by atoms with Crippen molar-refractivity contribution in [1.29, 1.82) is 0 Å². The van der Waals surface area contributed by atoms with Gasteiger partial charge in [-0.3, -0.25) is 4.79 Å². The van der Waals surface area contributed by atoms with Crippen LogP contribution in [0, 0.1) is 19.3 Å². The Kier molecular flexibility index (Phi) is 3.24. The first-order valence-corrected chi connectivity index (χ1v) is 4.95. The van der Waals surface area contributed by atoms with Crippen LogP contribution >= 0.6 is 0 Å². The molecule has 0 radical (unpaired) electrons. The van der Waals surface area contributed by atoms with Crippen LogP contribution in [0.25, 0.3) is 0 Å². The second-order valence-electron chi connectivity index (χ2n) is 4.22. The van der Waals surface area contributed by atoms with Gasteiger partial charge in [0.2, 0.25) is 0 Å². The highest BCUT2D eigenvalue weighted by Gasteiger charge is 2.19. The van der Waals surface area contributed by atoms with Crippen LogP contribution in [0.1, 0.15) is 29.8 Å². The van der Waals surface area contributed by atoms with Crippen molar-refractivity contribution in [3.63, 3.8) is 0 Å². The van der Waals surface area contributed by atoms with Gasteiger partial charge in [0.1, 0.15) is 5.75 Å². The van der Waals surface area contributed by atoms with Crippen molar-refractivity contribution in [3.05, 3.63) is 29.3 Å². The minimum atomic E-state index is -0.679. The summed E-state index contributed by atoms with van der Waals surface area (Å²) in [7, 11) is 0. The summed E-state index contributed by atoms with van der Waals surface area (Å²) in [5.74, 6) is 2.40. The SMILES string of the molecule is C#CC(C)(C)NC(=O)c1ccc(O)cc1C. The third kappa shape index (κ3) is 2.77. The van der Waals surface area contributed by atoms with E-state index in [1.54, 1.807) is 26.8 Å². The monoisotopic (exact) mass is 217 g/mol. The van der Waals surface area contributed by atoms with E-state index < -0.39 is 5.54 Å². The number of nitrogens with one attached hydrogen (secondary N) is 1. The lowest BCUT2D eigenvalue weighted by molar-refractivity contribution is 0.0929. The number of terminal acetylenes is 1. The smallest absolute Gasteiger partial charge is 0.252 e. The summed E-state index contributed by atoms with van der Waals surface area (Å²) in [6, 6.07) is 4.59. The van der Waals surface area contributed by atoms with Gasteiger partial charge in [0.25, 0.3) is 5.91 Å². The average molecular weight is 217 g/mol. The van der Waals surface area contributed by atoms with Crippen LogP contribution in [0.3, 0.4) is 0 Å². The van der Waals surface area contributed by atoms with Crippen LogP contribution in [0.4, 0.5) is 0 Å². The molecule has 0 fully saturated rings. The molecule has 1 aromatic rings. The van der Waals surface area contributed by atoms with Crippen molar-refractivity contribution >= 4 is 5.91 Å². The number of phenols is 1. The first-order valence-electron chi connectivity index (χ1n) is 4.95. The van der Waals surface area contributed by atoms with E-state index in [0.29, 0.717) is 11.1 Å². The van der Waals surface area contributed by atoms with Gasteiger partial charge in [-0.15, -0.1) is 6.42 Å². The zero-order valence-electron chi connectivity index (χ0n) is 9.66. The molecule has 0 aliphatic carbocycles. The Bertz CT molecular complexity index is 455.